The van der Waals surface area contributed by atoms with Crippen LogP contribution in [-0.4, -0.2) is 15.9 Å². The van der Waals surface area contributed by atoms with Gasteiger partial charge in [0.05, 0.1) is 4.88 Å². The highest BCUT2D eigenvalue weighted by Gasteiger charge is 2.14. The second kappa shape index (κ2) is 7.93. The molecule has 3 aromatic rings. The van der Waals surface area contributed by atoms with Gasteiger partial charge in [0.2, 0.25) is 5.91 Å². The van der Waals surface area contributed by atoms with E-state index in [0.717, 1.165) is 34.1 Å². The van der Waals surface area contributed by atoms with Crippen molar-refractivity contribution in [3.05, 3.63) is 71.3 Å². The summed E-state index contributed by atoms with van der Waals surface area (Å²) in [6, 6.07) is 11.0. The molecule has 0 aliphatic heterocycles. The molecule has 132 valence electrons. The Labute approximate surface area is 156 Å². The largest absolute Gasteiger partial charge is 0.366 e. The van der Waals surface area contributed by atoms with Crippen molar-refractivity contribution in [2.75, 3.05) is 5.32 Å². The summed E-state index contributed by atoms with van der Waals surface area (Å²) in [5.74, 6) is 1.02. The number of anilines is 2. The molecular formula is C20H20N4OS. The molecule has 3 rings (SSSR count). The number of carbonyl (C=O) groups is 1. The Morgan fingerprint density at radius 1 is 1.27 bits per heavy atom. The molecule has 3 N–H and O–H groups in total. The first-order valence-corrected chi connectivity index (χ1v) is 9.21. The van der Waals surface area contributed by atoms with E-state index in [1.54, 1.807) is 23.5 Å². The van der Waals surface area contributed by atoms with Crippen LogP contribution >= 0.6 is 11.3 Å². The number of allylic oxidation sites excluding steroid dienone is 1. The van der Waals surface area contributed by atoms with E-state index in [1.807, 2.05) is 35.7 Å². The summed E-state index contributed by atoms with van der Waals surface area (Å²) in [6.07, 6.45) is 3.33. The Morgan fingerprint density at radius 3 is 2.62 bits per heavy atom. The SMILES string of the molecule is C=CCc1c(CC)nc(-c2cccs2)nc1Nc1ccc(C(N)=O)cc1. The molecule has 0 spiro atoms. The zero-order chi connectivity index (χ0) is 18.5. The Morgan fingerprint density at radius 2 is 2.04 bits per heavy atom. The van der Waals surface area contributed by atoms with Crippen LogP contribution in [0.2, 0.25) is 0 Å². The lowest BCUT2D eigenvalue weighted by Gasteiger charge is -2.15. The number of aryl methyl sites for hydroxylation is 1. The Balaban J connectivity index is 2.03. The van der Waals surface area contributed by atoms with Crippen molar-refractivity contribution in [2.45, 2.75) is 19.8 Å². The van der Waals surface area contributed by atoms with E-state index in [0.29, 0.717) is 17.8 Å². The molecule has 0 bridgehead atoms. The normalized spacial score (nSPS) is 10.5. The second-order valence-electron chi connectivity index (χ2n) is 5.71. The van der Waals surface area contributed by atoms with Gasteiger partial charge in [-0.15, -0.1) is 17.9 Å². The summed E-state index contributed by atoms with van der Waals surface area (Å²) in [5.41, 5.74) is 8.63. The van der Waals surface area contributed by atoms with Crippen LogP contribution in [-0.2, 0) is 12.8 Å². The van der Waals surface area contributed by atoms with Crippen LogP contribution < -0.4 is 11.1 Å². The van der Waals surface area contributed by atoms with Crippen LogP contribution in [0, 0.1) is 0 Å². The van der Waals surface area contributed by atoms with Gasteiger partial charge in [0.1, 0.15) is 5.82 Å². The fourth-order valence-electron chi connectivity index (χ4n) is 2.66. The van der Waals surface area contributed by atoms with Crippen LogP contribution in [0.25, 0.3) is 10.7 Å². The maximum Gasteiger partial charge on any atom is 0.248 e. The second-order valence-corrected chi connectivity index (χ2v) is 6.66. The number of hydrogen-bond donors (Lipinski definition) is 2. The number of amides is 1. The van der Waals surface area contributed by atoms with Crippen LogP contribution in [0.3, 0.4) is 0 Å². The molecule has 2 heterocycles. The first-order chi connectivity index (χ1) is 12.6. The summed E-state index contributed by atoms with van der Waals surface area (Å²) in [7, 11) is 0. The minimum Gasteiger partial charge on any atom is -0.366 e. The number of aromatic nitrogens is 2. The van der Waals surface area contributed by atoms with Crippen molar-refractivity contribution in [1.29, 1.82) is 0 Å². The number of nitrogens with one attached hydrogen (secondary N) is 1. The van der Waals surface area contributed by atoms with Gasteiger partial charge < -0.3 is 11.1 Å². The molecule has 0 atom stereocenters. The molecule has 26 heavy (non-hydrogen) atoms. The van der Waals surface area contributed by atoms with E-state index in [9.17, 15) is 4.79 Å². The molecule has 1 aromatic carbocycles. The van der Waals surface area contributed by atoms with Crippen molar-refractivity contribution >= 4 is 28.7 Å². The van der Waals surface area contributed by atoms with E-state index in [2.05, 4.69) is 18.8 Å². The predicted octanol–water partition coefficient (Wildman–Crippen LogP) is 4.34. The van der Waals surface area contributed by atoms with Gasteiger partial charge in [-0.2, -0.15) is 0 Å². The minimum absolute atomic E-state index is 0.445. The van der Waals surface area contributed by atoms with Crippen LogP contribution in [0.1, 0.15) is 28.5 Å². The Kier molecular flexibility index (Phi) is 5.43. The molecule has 5 nitrogen and oxygen atoms in total. The average Bonchev–Trinajstić information content (AvgIpc) is 3.18. The first kappa shape index (κ1) is 17.8. The third-order valence-electron chi connectivity index (χ3n) is 3.95. The van der Waals surface area contributed by atoms with Crippen LogP contribution in [0.15, 0.2) is 54.4 Å². The third-order valence-corrected chi connectivity index (χ3v) is 4.82. The molecule has 0 unspecified atom stereocenters. The number of thiophene rings is 1. The first-order valence-electron chi connectivity index (χ1n) is 8.33. The van der Waals surface area contributed by atoms with E-state index in [4.69, 9.17) is 15.7 Å². The van der Waals surface area contributed by atoms with Crippen molar-refractivity contribution in [3.8, 4) is 10.7 Å². The summed E-state index contributed by atoms with van der Waals surface area (Å²) in [4.78, 5) is 21.8. The number of benzene rings is 1. The zero-order valence-corrected chi connectivity index (χ0v) is 15.3. The molecule has 0 saturated heterocycles. The summed E-state index contributed by atoms with van der Waals surface area (Å²) >= 11 is 1.61. The number of hydrogen-bond acceptors (Lipinski definition) is 5. The fourth-order valence-corrected chi connectivity index (χ4v) is 3.31. The van der Waals surface area contributed by atoms with E-state index >= 15 is 0 Å². The van der Waals surface area contributed by atoms with Gasteiger partial charge in [0.25, 0.3) is 0 Å². The van der Waals surface area contributed by atoms with E-state index in [1.165, 1.54) is 0 Å². The number of nitrogens with zero attached hydrogens (tertiary/aromatic N) is 2. The predicted molar refractivity (Wildman–Crippen MR) is 107 cm³/mol. The maximum atomic E-state index is 11.2. The van der Waals surface area contributed by atoms with Crippen molar-refractivity contribution in [1.82, 2.24) is 9.97 Å². The lowest BCUT2D eigenvalue weighted by Crippen LogP contribution is -2.11. The highest BCUT2D eigenvalue weighted by Crippen LogP contribution is 2.28. The number of carbonyl (C=O) groups excluding carboxylic acids is 1. The molecule has 0 saturated carbocycles. The van der Waals surface area contributed by atoms with Crippen molar-refractivity contribution in [2.24, 2.45) is 5.73 Å². The monoisotopic (exact) mass is 364 g/mol. The Hall–Kier alpha value is -2.99. The third kappa shape index (κ3) is 3.81. The molecule has 0 radical (unpaired) electrons. The van der Waals surface area contributed by atoms with Gasteiger partial charge in [-0.1, -0.05) is 19.1 Å². The molecule has 0 fully saturated rings. The summed E-state index contributed by atoms with van der Waals surface area (Å²) in [6.45, 7) is 5.93. The van der Waals surface area contributed by atoms with Gasteiger partial charge >= 0.3 is 0 Å². The van der Waals surface area contributed by atoms with Gasteiger partial charge in [-0.3, -0.25) is 4.79 Å². The lowest BCUT2D eigenvalue weighted by atomic mass is 10.1. The minimum atomic E-state index is -0.445. The standard InChI is InChI=1S/C20H20N4OS/c1-3-6-15-16(4-2)23-20(17-7-5-12-26-17)24-19(15)22-14-10-8-13(9-11-14)18(21)25/h3,5,7-12H,1,4,6H2,2H3,(H2,21,25)(H,22,23,24). The van der Waals surface area contributed by atoms with E-state index in [-0.39, 0.29) is 0 Å². The van der Waals surface area contributed by atoms with Gasteiger partial charge in [-0.05, 0) is 48.6 Å². The molecule has 1 amide bonds. The molecule has 6 heteroatoms. The van der Waals surface area contributed by atoms with Crippen LogP contribution in [0.4, 0.5) is 11.5 Å². The van der Waals surface area contributed by atoms with Gasteiger partial charge in [-0.25, -0.2) is 9.97 Å². The number of nitrogens with two attached hydrogens (primary N) is 1. The van der Waals surface area contributed by atoms with Crippen LogP contribution in [0.5, 0.6) is 0 Å². The quantitative estimate of drug-likeness (QED) is 0.611. The maximum absolute atomic E-state index is 11.2. The highest BCUT2D eigenvalue weighted by atomic mass is 32.1. The zero-order valence-electron chi connectivity index (χ0n) is 14.5. The number of primary amides is 1. The Bertz CT molecular complexity index is 918. The van der Waals surface area contributed by atoms with Crippen molar-refractivity contribution < 1.29 is 4.79 Å². The van der Waals surface area contributed by atoms with E-state index < -0.39 is 5.91 Å². The average molecular weight is 364 g/mol. The van der Waals surface area contributed by atoms with Crippen molar-refractivity contribution in [3.63, 3.8) is 0 Å². The fraction of sp³-hybridized carbons (Fsp3) is 0.150. The topological polar surface area (TPSA) is 80.9 Å². The summed E-state index contributed by atoms with van der Waals surface area (Å²) in [5, 5.41) is 5.37. The summed E-state index contributed by atoms with van der Waals surface area (Å²) < 4.78 is 0. The molecule has 0 aliphatic rings. The lowest BCUT2D eigenvalue weighted by molar-refractivity contribution is 0.100. The molecular weight excluding hydrogens is 344 g/mol. The molecule has 0 aliphatic carbocycles. The highest BCUT2D eigenvalue weighted by molar-refractivity contribution is 7.13. The number of rotatable bonds is 7. The van der Waals surface area contributed by atoms with Gasteiger partial charge in [0.15, 0.2) is 5.82 Å². The van der Waals surface area contributed by atoms with Gasteiger partial charge in [0, 0.05) is 22.5 Å². The smallest absolute Gasteiger partial charge is 0.248 e. The molecule has 2 aromatic heterocycles.